The van der Waals surface area contributed by atoms with Crippen LogP contribution >= 0.6 is 0 Å². The molecule has 0 spiro atoms. The summed E-state index contributed by atoms with van der Waals surface area (Å²) in [7, 11) is 0. The van der Waals surface area contributed by atoms with E-state index >= 15 is 4.39 Å². The van der Waals surface area contributed by atoms with E-state index in [2.05, 4.69) is 63.9 Å². The number of ether oxygens (including phenoxy) is 1. The molecule has 0 atom stereocenters. The van der Waals surface area contributed by atoms with Crippen molar-refractivity contribution in [3.8, 4) is 11.8 Å². The number of aromatic nitrogens is 3. The zero-order valence-corrected chi connectivity index (χ0v) is 37.5. The van der Waals surface area contributed by atoms with Crippen LogP contribution in [0.5, 0.6) is 5.75 Å². The number of likely N-dealkylation sites (tertiary alicyclic amines) is 1. The molecule has 5 heterocycles. The van der Waals surface area contributed by atoms with Crippen molar-refractivity contribution in [1.29, 1.82) is 5.26 Å². The summed E-state index contributed by atoms with van der Waals surface area (Å²) >= 11 is 0. The third-order valence-electron chi connectivity index (χ3n) is 14.0. The number of aryl methyl sites for hydroxylation is 1. The second-order valence-corrected chi connectivity index (χ2v) is 18.9. The van der Waals surface area contributed by atoms with Gasteiger partial charge in [0, 0.05) is 84.6 Å². The molecule has 5 aromatic rings. The highest BCUT2D eigenvalue weighted by atomic mass is 19.1. The van der Waals surface area contributed by atoms with E-state index in [0.717, 1.165) is 86.1 Å². The lowest BCUT2D eigenvalue weighted by Crippen LogP contribution is -2.74. The van der Waals surface area contributed by atoms with Gasteiger partial charge in [0.1, 0.15) is 23.7 Å². The van der Waals surface area contributed by atoms with E-state index in [0.29, 0.717) is 35.0 Å². The Morgan fingerprint density at radius 2 is 1.69 bits per heavy atom. The number of benzene rings is 3. The minimum Gasteiger partial charge on any atom is -0.488 e. The fraction of sp³-hybridized carbons (Fsp3) is 0.449. The lowest BCUT2D eigenvalue weighted by molar-refractivity contribution is -0.163. The smallest absolute Gasteiger partial charge is 0.328 e. The van der Waals surface area contributed by atoms with E-state index in [4.69, 9.17) is 19.7 Å². The lowest BCUT2D eigenvalue weighted by atomic mass is 9.49. The molecule has 3 aromatic carbocycles. The number of imide groups is 1. The van der Waals surface area contributed by atoms with Crippen LogP contribution in [0.15, 0.2) is 66.9 Å². The quantitative estimate of drug-likeness (QED) is 0.127. The number of carboxylic acid groups (broad SMARTS) is 1. The third-order valence-corrected chi connectivity index (χ3v) is 14.0. The minimum absolute atomic E-state index is 0.242. The molecular formula is C49H56FN9O6. The highest BCUT2D eigenvalue weighted by molar-refractivity contribution is 6.09. The zero-order chi connectivity index (χ0) is 46.2. The summed E-state index contributed by atoms with van der Waals surface area (Å²) in [5.41, 5.74) is 3.60. The number of carbonyl (C=O) groups is 4. The molecule has 9 rings (SSSR count). The van der Waals surface area contributed by atoms with Gasteiger partial charge < -0.3 is 25.0 Å². The molecule has 3 saturated heterocycles. The summed E-state index contributed by atoms with van der Waals surface area (Å²) in [6, 6.07) is 20.0. The van der Waals surface area contributed by atoms with Crippen molar-refractivity contribution in [3.05, 3.63) is 89.5 Å². The molecule has 65 heavy (non-hydrogen) atoms. The van der Waals surface area contributed by atoms with Gasteiger partial charge in [0.15, 0.2) is 0 Å². The summed E-state index contributed by atoms with van der Waals surface area (Å²) < 4.78 is 24.6. The molecule has 4 aliphatic rings. The Labute approximate surface area is 377 Å². The van der Waals surface area contributed by atoms with E-state index in [1.807, 2.05) is 49.5 Å². The molecule has 2 aromatic heterocycles. The van der Waals surface area contributed by atoms with Crippen molar-refractivity contribution in [2.75, 3.05) is 49.1 Å². The largest absolute Gasteiger partial charge is 0.488 e. The number of fused-ring (bicyclic) bond motifs is 2. The van der Waals surface area contributed by atoms with Crippen molar-refractivity contribution in [3.63, 3.8) is 0 Å². The minimum atomic E-state index is -0.449. The number of amides is 4. The Kier molecular flexibility index (Phi) is 12.5. The van der Waals surface area contributed by atoms with Gasteiger partial charge in [0.05, 0.1) is 40.2 Å². The number of hydrogen-bond donors (Lipinski definition) is 3. The first kappa shape index (κ1) is 45.0. The summed E-state index contributed by atoms with van der Waals surface area (Å²) in [6.45, 7) is 14.7. The molecule has 4 amide bonds. The average Bonchev–Trinajstić information content (AvgIpc) is 3.72. The van der Waals surface area contributed by atoms with Gasteiger partial charge in [-0.1, -0.05) is 33.8 Å². The predicted octanol–water partition coefficient (Wildman–Crippen LogP) is 7.22. The highest BCUT2D eigenvalue weighted by Gasteiger charge is 2.64. The number of nitriles is 1. The van der Waals surface area contributed by atoms with Crippen LogP contribution in [0, 0.1) is 40.8 Å². The molecule has 1 aliphatic carbocycles. The number of rotatable bonds is 9. The number of nitrogens with one attached hydrogen (secondary N) is 2. The van der Waals surface area contributed by atoms with Crippen LogP contribution in [0.3, 0.4) is 0 Å². The molecule has 340 valence electrons. The van der Waals surface area contributed by atoms with Gasteiger partial charge in [-0.15, -0.1) is 0 Å². The maximum atomic E-state index is 15.8. The summed E-state index contributed by atoms with van der Waals surface area (Å²) in [6.07, 6.45) is 5.74. The fourth-order valence-electron chi connectivity index (χ4n) is 11.0. The second kappa shape index (κ2) is 18.1. The number of nitrogens with zero attached hydrogens (tertiary/aromatic N) is 7. The maximum absolute atomic E-state index is 15.8. The van der Waals surface area contributed by atoms with E-state index < -0.39 is 22.7 Å². The maximum Gasteiger partial charge on any atom is 0.328 e. The van der Waals surface area contributed by atoms with Gasteiger partial charge in [-0.3, -0.25) is 34.3 Å². The predicted molar refractivity (Wildman–Crippen MR) is 244 cm³/mol. The molecule has 15 nitrogen and oxygen atoms in total. The number of anilines is 2. The summed E-state index contributed by atoms with van der Waals surface area (Å²) in [5, 5.41) is 28.6. The Hall–Kier alpha value is -6.60. The standard InChI is InChI=1S/C48H54FN9O4.CH2O2/c1-29-9-12-34-40(14-11-32(26-50)42(34)52-29)62-45-47(2,3)44(48(45,4)5)54-43(60)31-10-13-39(36(49)25-31)56-22-15-30(16-23-56)28-55-20-17-33(18-21-55)58-38-8-6-7-37(35(38)27-51-58)57-24-19-41(59)53-46(57)61;2-1-3/h6-14,25,27,30,33,44-45H,15-24,28H2,1-5H3,(H,54,60)(H,53,59,61);1H,(H,2,3). The van der Waals surface area contributed by atoms with Gasteiger partial charge in [0.25, 0.3) is 12.4 Å². The topological polar surface area (TPSA) is 186 Å². The first-order valence-corrected chi connectivity index (χ1v) is 22.3. The normalized spacial score (nSPS) is 21.2. The van der Waals surface area contributed by atoms with Gasteiger partial charge in [-0.2, -0.15) is 10.4 Å². The highest BCUT2D eigenvalue weighted by Crippen LogP contribution is 2.56. The van der Waals surface area contributed by atoms with Crippen molar-refractivity contribution in [2.45, 2.75) is 84.9 Å². The molecule has 4 fully saturated rings. The SMILES string of the molecule is Cc1ccc2c(OC3C(C)(C)C(NC(=O)c4ccc(N5CCC(CN6CCC(n7ncc8c(N9CCC(=O)NC9=O)cccc87)CC6)CC5)c(F)c4)C3(C)C)ccc(C#N)c2n1.O=CO. The first-order valence-electron chi connectivity index (χ1n) is 22.3. The molecule has 0 radical (unpaired) electrons. The van der Waals surface area contributed by atoms with Crippen LogP contribution in [0.25, 0.3) is 21.8 Å². The monoisotopic (exact) mass is 885 g/mol. The Bertz CT molecular complexity index is 2660. The number of pyridine rings is 1. The van der Waals surface area contributed by atoms with Crippen LogP contribution in [0.1, 0.15) is 87.5 Å². The molecule has 16 heteroatoms. The Morgan fingerprint density at radius 3 is 2.37 bits per heavy atom. The zero-order valence-electron chi connectivity index (χ0n) is 37.5. The van der Waals surface area contributed by atoms with E-state index in [-0.39, 0.29) is 48.5 Å². The van der Waals surface area contributed by atoms with Crippen LogP contribution < -0.4 is 25.2 Å². The third kappa shape index (κ3) is 8.69. The Morgan fingerprint density at radius 1 is 0.969 bits per heavy atom. The van der Waals surface area contributed by atoms with Crippen molar-refractivity contribution in [2.24, 2.45) is 16.7 Å². The van der Waals surface area contributed by atoms with E-state index in [1.54, 1.807) is 23.1 Å². The number of urea groups is 1. The van der Waals surface area contributed by atoms with Crippen LogP contribution in [0.2, 0.25) is 0 Å². The van der Waals surface area contributed by atoms with Gasteiger partial charge in [-0.25, -0.2) is 9.18 Å². The van der Waals surface area contributed by atoms with Gasteiger partial charge in [0.2, 0.25) is 5.91 Å². The molecule has 3 aliphatic heterocycles. The van der Waals surface area contributed by atoms with Crippen LogP contribution in [-0.4, -0.2) is 101 Å². The summed E-state index contributed by atoms with van der Waals surface area (Å²) in [5.74, 6) is 0.204. The molecule has 3 N–H and O–H groups in total. The van der Waals surface area contributed by atoms with Gasteiger partial charge >= 0.3 is 6.03 Å². The lowest BCUT2D eigenvalue weighted by Gasteiger charge is -2.63. The first-order chi connectivity index (χ1) is 31.1. The number of halogens is 1. The molecule has 1 saturated carbocycles. The van der Waals surface area contributed by atoms with Crippen molar-refractivity contribution >= 4 is 57.5 Å². The van der Waals surface area contributed by atoms with Crippen LogP contribution in [0.4, 0.5) is 20.6 Å². The average molecular weight is 886 g/mol. The van der Waals surface area contributed by atoms with Crippen molar-refractivity contribution < 1.29 is 33.4 Å². The van der Waals surface area contributed by atoms with E-state index in [1.165, 1.54) is 6.07 Å². The molecule has 0 unspecified atom stereocenters. The Balaban J connectivity index is 0.00000187. The molecule has 0 bridgehead atoms. The van der Waals surface area contributed by atoms with Gasteiger partial charge in [-0.05, 0) is 93.1 Å². The number of carbonyl (C=O) groups excluding carboxylic acids is 3. The van der Waals surface area contributed by atoms with E-state index in [9.17, 15) is 19.6 Å². The number of hydrogen-bond acceptors (Lipinski definition) is 10. The second-order valence-electron chi connectivity index (χ2n) is 18.9. The molecular weight excluding hydrogens is 830 g/mol. The fourth-order valence-corrected chi connectivity index (χ4v) is 11.0. The van der Waals surface area contributed by atoms with Crippen LogP contribution in [-0.2, 0) is 9.59 Å². The summed E-state index contributed by atoms with van der Waals surface area (Å²) in [4.78, 5) is 57.2. The number of piperidine rings is 2. The van der Waals surface area contributed by atoms with Crippen molar-refractivity contribution in [1.82, 2.24) is 30.3 Å².